The average molecular weight is 462 g/mol. The third-order valence-electron chi connectivity index (χ3n) is 5.57. The number of aromatic nitrogens is 2. The second kappa shape index (κ2) is 9.85. The van der Waals surface area contributed by atoms with Crippen molar-refractivity contribution in [1.82, 2.24) is 14.9 Å². The van der Waals surface area contributed by atoms with Crippen LogP contribution >= 0.6 is 12.6 Å². The lowest BCUT2D eigenvalue weighted by Crippen LogP contribution is -2.20. The van der Waals surface area contributed by atoms with Crippen LogP contribution in [-0.4, -0.2) is 21.9 Å². The molecule has 6 heteroatoms. The minimum atomic E-state index is 0.0594. The fourth-order valence-electron chi connectivity index (χ4n) is 3.76. The minimum Gasteiger partial charge on any atom is -0.368 e. The van der Waals surface area contributed by atoms with Crippen LogP contribution in [0.3, 0.4) is 0 Å². The predicted octanol–water partition coefficient (Wildman–Crippen LogP) is 7.57. The molecule has 0 spiro atoms. The highest BCUT2D eigenvalue weighted by atomic mass is 32.1. The van der Waals surface area contributed by atoms with E-state index in [1.165, 1.54) is 0 Å². The predicted molar refractivity (Wildman–Crippen MR) is 140 cm³/mol. The summed E-state index contributed by atoms with van der Waals surface area (Å²) in [7, 11) is 2.06. The largest absolute Gasteiger partial charge is 0.368 e. The van der Waals surface area contributed by atoms with E-state index < -0.39 is 0 Å². The minimum absolute atomic E-state index is 0.0594. The fraction of sp³-hybridized carbons (Fsp3) is 0.0714. The number of rotatable bonds is 5. The molecule has 5 nitrogen and oxygen atoms in total. The zero-order valence-electron chi connectivity index (χ0n) is 18.7. The molecule has 1 aliphatic rings. The van der Waals surface area contributed by atoms with Crippen LogP contribution in [0.4, 0.5) is 11.4 Å². The summed E-state index contributed by atoms with van der Waals surface area (Å²) in [5.74, 6) is 0. The van der Waals surface area contributed by atoms with Gasteiger partial charge in [-0.1, -0.05) is 30.4 Å². The van der Waals surface area contributed by atoms with Crippen LogP contribution in [0.1, 0.15) is 11.7 Å². The standard InChI is InChI=1S/C28H23N5S/c1-33-17-5-3-7-28(33)27-19-21(18-26(30-27)25-6-2-4-16-29-25)20-8-10-22(11-9-20)31-32-23-12-14-24(34)15-13-23/h2-19,28,34H,1H3/b32-31+. The van der Waals surface area contributed by atoms with Crippen LogP contribution in [0.2, 0.25) is 0 Å². The molecule has 0 saturated carbocycles. The summed E-state index contributed by atoms with van der Waals surface area (Å²) in [6.07, 6.45) is 10.1. The van der Waals surface area contributed by atoms with Gasteiger partial charge in [0.15, 0.2) is 0 Å². The number of likely N-dealkylation sites (N-methyl/N-ethyl adjacent to an activating group) is 1. The summed E-state index contributed by atoms with van der Waals surface area (Å²) in [5.41, 5.74) is 6.41. The van der Waals surface area contributed by atoms with E-state index in [0.717, 1.165) is 44.5 Å². The molecule has 0 fully saturated rings. The van der Waals surface area contributed by atoms with Crippen molar-refractivity contribution in [1.29, 1.82) is 0 Å². The van der Waals surface area contributed by atoms with Crippen molar-refractivity contribution in [2.75, 3.05) is 7.05 Å². The van der Waals surface area contributed by atoms with E-state index in [9.17, 15) is 0 Å². The molecule has 1 aliphatic heterocycles. The highest BCUT2D eigenvalue weighted by Gasteiger charge is 2.18. The molecule has 0 aliphatic carbocycles. The Morgan fingerprint density at radius 1 is 0.794 bits per heavy atom. The molecule has 0 bridgehead atoms. The lowest BCUT2D eigenvalue weighted by atomic mass is 10.00. The van der Waals surface area contributed by atoms with Crippen LogP contribution < -0.4 is 0 Å². The molecule has 1 atom stereocenters. The number of thiol groups is 1. The Morgan fingerprint density at radius 2 is 1.53 bits per heavy atom. The van der Waals surface area contributed by atoms with E-state index in [-0.39, 0.29) is 6.04 Å². The van der Waals surface area contributed by atoms with Gasteiger partial charge in [-0.05, 0) is 84.1 Å². The van der Waals surface area contributed by atoms with Gasteiger partial charge in [-0.3, -0.25) is 4.98 Å². The van der Waals surface area contributed by atoms with E-state index in [1.54, 1.807) is 6.20 Å². The molecular weight excluding hydrogens is 438 g/mol. The summed E-state index contributed by atoms with van der Waals surface area (Å²) < 4.78 is 0. The second-order valence-corrected chi connectivity index (χ2v) is 8.50. The first kappa shape index (κ1) is 21.8. The number of azo groups is 1. The summed E-state index contributed by atoms with van der Waals surface area (Å²) >= 11 is 4.30. The fourth-order valence-corrected chi connectivity index (χ4v) is 3.91. The number of hydrogen-bond acceptors (Lipinski definition) is 6. The molecule has 166 valence electrons. The van der Waals surface area contributed by atoms with Gasteiger partial charge in [0.05, 0.1) is 34.5 Å². The number of nitrogens with zero attached hydrogens (tertiary/aromatic N) is 5. The van der Waals surface area contributed by atoms with Crippen molar-refractivity contribution in [2.45, 2.75) is 10.9 Å². The van der Waals surface area contributed by atoms with Gasteiger partial charge in [0.25, 0.3) is 0 Å². The maximum Gasteiger partial charge on any atom is 0.0896 e. The first-order valence-corrected chi connectivity index (χ1v) is 11.4. The second-order valence-electron chi connectivity index (χ2n) is 7.98. The lowest BCUT2D eigenvalue weighted by Gasteiger charge is -2.26. The van der Waals surface area contributed by atoms with Crippen LogP contribution in [0.5, 0.6) is 0 Å². The van der Waals surface area contributed by atoms with E-state index in [0.29, 0.717) is 0 Å². The zero-order chi connectivity index (χ0) is 23.3. The van der Waals surface area contributed by atoms with E-state index in [2.05, 4.69) is 82.4 Å². The van der Waals surface area contributed by atoms with Crippen LogP contribution in [-0.2, 0) is 0 Å². The van der Waals surface area contributed by atoms with Crippen molar-refractivity contribution in [2.24, 2.45) is 10.2 Å². The molecule has 0 amide bonds. The highest BCUT2D eigenvalue weighted by Crippen LogP contribution is 2.31. The van der Waals surface area contributed by atoms with Gasteiger partial charge >= 0.3 is 0 Å². The third kappa shape index (κ3) is 4.97. The van der Waals surface area contributed by atoms with Crippen molar-refractivity contribution >= 4 is 24.0 Å². The van der Waals surface area contributed by atoms with Crippen molar-refractivity contribution in [3.8, 4) is 22.5 Å². The van der Waals surface area contributed by atoms with Gasteiger partial charge in [0, 0.05) is 18.1 Å². The highest BCUT2D eigenvalue weighted by molar-refractivity contribution is 7.80. The summed E-state index contributed by atoms with van der Waals surface area (Å²) in [4.78, 5) is 12.5. The Morgan fingerprint density at radius 3 is 2.21 bits per heavy atom. The topological polar surface area (TPSA) is 53.7 Å². The Balaban J connectivity index is 1.48. The van der Waals surface area contributed by atoms with Crippen LogP contribution in [0, 0.1) is 0 Å². The molecule has 0 radical (unpaired) electrons. The van der Waals surface area contributed by atoms with E-state index >= 15 is 0 Å². The Hall–Kier alpha value is -4.03. The third-order valence-corrected chi connectivity index (χ3v) is 5.87. The molecule has 2 aromatic carbocycles. The zero-order valence-corrected chi connectivity index (χ0v) is 19.5. The van der Waals surface area contributed by atoms with E-state index in [1.807, 2.05) is 60.7 Å². The monoisotopic (exact) mass is 461 g/mol. The number of benzene rings is 2. The quantitative estimate of drug-likeness (QED) is 0.246. The number of hydrogen-bond donors (Lipinski definition) is 1. The average Bonchev–Trinajstić information content (AvgIpc) is 2.89. The smallest absolute Gasteiger partial charge is 0.0896 e. The molecule has 34 heavy (non-hydrogen) atoms. The number of allylic oxidation sites excluding steroid dienone is 2. The molecule has 2 aromatic heterocycles. The van der Waals surface area contributed by atoms with Crippen molar-refractivity contribution in [3.63, 3.8) is 0 Å². The first-order chi connectivity index (χ1) is 16.7. The first-order valence-electron chi connectivity index (χ1n) is 11.0. The molecule has 5 rings (SSSR count). The van der Waals surface area contributed by atoms with Gasteiger partial charge < -0.3 is 4.90 Å². The van der Waals surface area contributed by atoms with E-state index in [4.69, 9.17) is 4.98 Å². The Bertz CT molecular complexity index is 1360. The summed E-state index contributed by atoms with van der Waals surface area (Å²) in [5, 5.41) is 8.67. The van der Waals surface area contributed by atoms with Gasteiger partial charge in [-0.2, -0.15) is 10.2 Å². The molecule has 0 saturated heterocycles. The molecule has 4 aromatic rings. The van der Waals surface area contributed by atoms with Gasteiger partial charge in [-0.25, -0.2) is 4.98 Å². The Labute approximate surface area is 204 Å². The molecular formula is C28H23N5S. The number of pyridine rings is 2. The van der Waals surface area contributed by atoms with Gasteiger partial charge in [0.2, 0.25) is 0 Å². The maximum atomic E-state index is 4.96. The van der Waals surface area contributed by atoms with Crippen LogP contribution in [0.15, 0.2) is 125 Å². The van der Waals surface area contributed by atoms with Crippen molar-refractivity contribution < 1.29 is 0 Å². The summed E-state index contributed by atoms with van der Waals surface area (Å²) in [6, 6.07) is 25.8. The Kier molecular flexibility index (Phi) is 6.31. The van der Waals surface area contributed by atoms with Gasteiger partial charge in [-0.15, -0.1) is 12.6 Å². The van der Waals surface area contributed by atoms with Gasteiger partial charge in [0.1, 0.15) is 0 Å². The molecule has 1 unspecified atom stereocenters. The molecule has 3 heterocycles. The van der Waals surface area contributed by atoms with Crippen molar-refractivity contribution in [3.05, 3.63) is 115 Å². The van der Waals surface area contributed by atoms with Crippen LogP contribution in [0.25, 0.3) is 22.5 Å². The molecule has 0 N–H and O–H groups in total. The lowest BCUT2D eigenvalue weighted by molar-refractivity contribution is 0.383. The summed E-state index contributed by atoms with van der Waals surface area (Å²) in [6.45, 7) is 0. The normalized spacial score (nSPS) is 15.2. The SMILES string of the molecule is CN1C=CC=CC1c1cc(-c2ccc(/N=N/c3ccc(S)cc3)cc2)cc(-c2ccccn2)n1. The maximum absolute atomic E-state index is 4.96.